The Morgan fingerprint density at radius 2 is 0.852 bits per heavy atom. The molecular weight excluding hydrogens is 653 g/mol. The summed E-state index contributed by atoms with van der Waals surface area (Å²) in [4.78, 5) is 2.41. The van der Waals surface area contributed by atoms with Crippen molar-refractivity contribution < 1.29 is 0 Å². The number of hydrogen-bond acceptors (Lipinski definition) is 1. The molecule has 0 saturated carbocycles. The van der Waals surface area contributed by atoms with Gasteiger partial charge in [0.05, 0.1) is 16.7 Å². The van der Waals surface area contributed by atoms with Crippen LogP contribution in [0.5, 0.6) is 0 Å². The molecular formula is C52H36N2. The third-order valence-corrected chi connectivity index (χ3v) is 10.6. The minimum absolute atomic E-state index is 1.09. The smallest absolute Gasteiger partial charge is 0.0561 e. The molecule has 0 aliphatic heterocycles. The van der Waals surface area contributed by atoms with Crippen molar-refractivity contribution >= 4 is 49.6 Å². The van der Waals surface area contributed by atoms with Gasteiger partial charge in [-0.15, -0.1) is 0 Å². The number of fused-ring (bicyclic) bond motifs is 4. The van der Waals surface area contributed by atoms with Crippen LogP contribution in [0.25, 0.3) is 71.6 Å². The van der Waals surface area contributed by atoms with Crippen LogP contribution in [0.2, 0.25) is 0 Å². The first-order valence-corrected chi connectivity index (χ1v) is 18.5. The summed E-state index contributed by atoms with van der Waals surface area (Å²) in [5.74, 6) is 0. The third-order valence-electron chi connectivity index (χ3n) is 10.6. The second-order valence-corrected chi connectivity index (χ2v) is 13.8. The lowest BCUT2D eigenvalue weighted by Gasteiger charge is -2.28. The summed E-state index contributed by atoms with van der Waals surface area (Å²) in [7, 11) is 0. The van der Waals surface area contributed by atoms with Crippen LogP contribution in [0.15, 0.2) is 218 Å². The van der Waals surface area contributed by atoms with Crippen LogP contribution >= 0.6 is 0 Å². The highest BCUT2D eigenvalue weighted by Crippen LogP contribution is 2.43. The minimum atomic E-state index is 1.09. The van der Waals surface area contributed by atoms with E-state index in [1.807, 2.05) is 0 Å². The summed E-state index contributed by atoms with van der Waals surface area (Å²) < 4.78 is 2.42. The van der Waals surface area contributed by atoms with E-state index in [0.717, 1.165) is 22.7 Å². The van der Waals surface area contributed by atoms with Gasteiger partial charge in [0.1, 0.15) is 0 Å². The number of benzene rings is 9. The van der Waals surface area contributed by atoms with E-state index in [0.29, 0.717) is 0 Å². The molecule has 0 unspecified atom stereocenters. The number of hydrogen-bond donors (Lipinski definition) is 0. The van der Waals surface area contributed by atoms with Crippen molar-refractivity contribution in [1.82, 2.24) is 4.57 Å². The summed E-state index contributed by atoms with van der Waals surface area (Å²) in [6.45, 7) is 0. The first-order chi connectivity index (χ1) is 26.8. The van der Waals surface area contributed by atoms with E-state index < -0.39 is 0 Å². The molecule has 0 N–H and O–H groups in total. The molecule has 0 aliphatic rings. The van der Waals surface area contributed by atoms with Gasteiger partial charge >= 0.3 is 0 Å². The second-order valence-electron chi connectivity index (χ2n) is 13.8. The van der Waals surface area contributed by atoms with E-state index in [-0.39, 0.29) is 0 Å². The molecule has 0 radical (unpaired) electrons. The Labute approximate surface area is 315 Å². The molecule has 0 aliphatic carbocycles. The Balaban J connectivity index is 1.14. The van der Waals surface area contributed by atoms with E-state index >= 15 is 0 Å². The molecule has 0 saturated heterocycles. The van der Waals surface area contributed by atoms with Gasteiger partial charge in [0.25, 0.3) is 0 Å². The van der Waals surface area contributed by atoms with Gasteiger partial charge in [-0.1, -0.05) is 170 Å². The van der Waals surface area contributed by atoms with Crippen molar-refractivity contribution in [3.63, 3.8) is 0 Å². The van der Waals surface area contributed by atoms with Crippen LogP contribution in [-0.2, 0) is 0 Å². The van der Waals surface area contributed by atoms with Crippen LogP contribution in [0.1, 0.15) is 0 Å². The standard InChI is InChI=1S/C52H36N2/c1-3-13-37(14-4-1)39-23-25-40(26-24-39)41-27-30-44(31-28-41)53(50-21-11-9-19-47(50)42-16-5-2-6-17-42)46-33-34-49-48-20-10-12-22-51(48)54(52(49)36-46)45-32-29-38-15-7-8-18-43(38)35-45/h1-36H. The van der Waals surface area contributed by atoms with E-state index in [1.54, 1.807) is 0 Å². The Kier molecular flexibility index (Phi) is 7.85. The van der Waals surface area contributed by atoms with Gasteiger partial charge < -0.3 is 9.47 Å². The average molecular weight is 689 g/mol. The average Bonchev–Trinajstić information content (AvgIpc) is 3.58. The molecule has 0 fully saturated rings. The quantitative estimate of drug-likeness (QED) is 0.162. The van der Waals surface area contributed by atoms with Crippen LogP contribution in [0, 0.1) is 0 Å². The summed E-state index contributed by atoms with van der Waals surface area (Å²) in [5.41, 5.74) is 14.0. The third kappa shape index (κ3) is 5.62. The monoisotopic (exact) mass is 688 g/mol. The van der Waals surface area contributed by atoms with Crippen LogP contribution in [0.3, 0.4) is 0 Å². The molecule has 254 valence electrons. The lowest BCUT2D eigenvalue weighted by Crippen LogP contribution is -2.11. The molecule has 10 rings (SSSR count). The van der Waals surface area contributed by atoms with Gasteiger partial charge in [-0.05, 0) is 87.1 Å². The molecule has 0 amide bonds. The first kappa shape index (κ1) is 31.6. The Bertz CT molecular complexity index is 2910. The Morgan fingerprint density at radius 3 is 1.59 bits per heavy atom. The number of nitrogens with zero attached hydrogens (tertiary/aromatic N) is 2. The van der Waals surface area contributed by atoms with Crippen molar-refractivity contribution in [3.8, 4) is 39.1 Å². The summed E-state index contributed by atoms with van der Waals surface area (Å²) in [5, 5.41) is 4.94. The van der Waals surface area contributed by atoms with E-state index in [4.69, 9.17) is 0 Å². The molecule has 0 bridgehead atoms. The van der Waals surface area contributed by atoms with Crippen molar-refractivity contribution in [3.05, 3.63) is 218 Å². The van der Waals surface area contributed by atoms with Crippen LogP contribution in [-0.4, -0.2) is 4.57 Å². The first-order valence-electron chi connectivity index (χ1n) is 18.5. The van der Waals surface area contributed by atoms with E-state index in [9.17, 15) is 0 Å². The molecule has 1 aromatic heterocycles. The molecule has 10 aromatic rings. The summed E-state index contributed by atoms with van der Waals surface area (Å²) in [6.07, 6.45) is 0. The highest BCUT2D eigenvalue weighted by atomic mass is 15.1. The molecule has 1 heterocycles. The number of rotatable bonds is 7. The highest BCUT2D eigenvalue weighted by molar-refractivity contribution is 6.11. The zero-order chi connectivity index (χ0) is 35.8. The second kappa shape index (κ2) is 13.4. The molecule has 0 spiro atoms. The zero-order valence-corrected chi connectivity index (χ0v) is 29.7. The fourth-order valence-electron chi connectivity index (χ4n) is 7.94. The largest absolute Gasteiger partial charge is 0.310 e. The lowest BCUT2D eigenvalue weighted by molar-refractivity contribution is 1.18. The molecule has 0 atom stereocenters. The number of para-hydroxylation sites is 2. The Morgan fingerprint density at radius 1 is 0.315 bits per heavy atom. The topological polar surface area (TPSA) is 8.17 Å². The van der Waals surface area contributed by atoms with Gasteiger partial charge in [-0.25, -0.2) is 0 Å². The maximum Gasteiger partial charge on any atom is 0.0561 e. The maximum absolute atomic E-state index is 2.42. The van der Waals surface area contributed by atoms with Gasteiger partial charge in [-0.3, -0.25) is 0 Å². The number of anilines is 3. The van der Waals surface area contributed by atoms with Gasteiger partial charge in [0.2, 0.25) is 0 Å². The van der Waals surface area contributed by atoms with Gasteiger partial charge in [-0.2, -0.15) is 0 Å². The molecule has 9 aromatic carbocycles. The lowest BCUT2D eigenvalue weighted by atomic mass is 9.99. The van der Waals surface area contributed by atoms with Crippen molar-refractivity contribution in [2.75, 3.05) is 4.90 Å². The van der Waals surface area contributed by atoms with E-state index in [2.05, 4.69) is 228 Å². The summed E-state index contributed by atoms with van der Waals surface area (Å²) in [6, 6.07) is 78.9. The SMILES string of the molecule is c1ccc(-c2ccc(-c3ccc(N(c4ccc5c6ccccc6n(-c6ccc7ccccc7c6)c5c4)c4ccccc4-c4ccccc4)cc3)cc2)cc1. The fourth-order valence-corrected chi connectivity index (χ4v) is 7.94. The molecule has 54 heavy (non-hydrogen) atoms. The van der Waals surface area contributed by atoms with Crippen LogP contribution in [0.4, 0.5) is 17.1 Å². The normalized spacial score (nSPS) is 11.3. The van der Waals surface area contributed by atoms with E-state index in [1.165, 1.54) is 66.0 Å². The highest BCUT2D eigenvalue weighted by Gasteiger charge is 2.20. The predicted molar refractivity (Wildman–Crippen MR) is 229 cm³/mol. The van der Waals surface area contributed by atoms with Gasteiger partial charge in [0, 0.05) is 33.4 Å². The van der Waals surface area contributed by atoms with Crippen molar-refractivity contribution in [1.29, 1.82) is 0 Å². The zero-order valence-electron chi connectivity index (χ0n) is 29.7. The maximum atomic E-state index is 2.42. The number of aromatic nitrogens is 1. The van der Waals surface area contributed by atoms with Crippen LogP contribution < -0.4 is 4.90 Å². The summed E-state index contributed by atoms with van der Waals surface area (Å²) >= 11 is 0. The van der Waals surface area contributed by atoms with Crippen molar-refractivity contribution in [2.45, 2.75) is 0 Å². The molecule has 2 nitrogen and oxygen atoms in total. The molecule has 2 heteroatoms. The van der Waals surface area contributed by atoms with Crippen molar-refractivity contribution in [2.24, 2.45) is 0 Å². The minimum Gasteiger partial charge on any atom is -0.310 e. The fraction of sp³-hybridized carbons (Fsp3) is 0. The Hall–Kier alpha value is -7.16. The predicted octanol–water partition coefficient (Wildman–Crippen LogP) is 14.4. The van der Waals surface area contributed by atoms with Gasteiger partial charge in [0.15, 0.2) is 0 Å².